The van der Waals surface area contributed by atoms with Gasteiger partial charge in [0.2, 0.25) is 0 Å². The van der Waals surface area contributed by atoms with E-state index in [4.69, 9.17) is 5.73 Å². The Labute approximate surface area is 439 Å². The highest BCUT2D eigenvalue weighted by atomic mass is 15.2. The molecule has 0 radical (unpaired) electrons. The van der Waals surface area contributed by atoms with Gasteiger partial charge in [-0.1, -0.05) is 234 Å². The summed E-state index contributed by atoms with van der Waals surface area (Å²) in [5.41, 5.74) is 22.1. The van der Waals surface area contributed by atoms with Crippen LogP contribution in [-0.2, 0) is 0 Å². The first-order chi connectivity index (χ1) is 35.6. The Kier molecular flexibility index (Phi) is 21.7. The fourth-order valence-electron chi connectivity index (χ4n) is 9.45. The van der Waals surface area contributed by atoms with Crippen molar-refractivity contribution in [2.24, 2.45) is 11.8 Å². The number of nitrogens with two attached hydrogens (primary N) is 1. The maximum absolute atomic E-state index is 5.99. The Bertz CT molecular complexity index is 3120. The lowest BCUT2D eigenvalue weighted by atomic mass is 9.87. The van der Waals surface area contributed by atoms with Crippen LogP contribution in [0.15, 0.2) is 189 Å². The maximum atomic E-state index is 5.99. The van der Waals surface area contributed by atoms with Gasteiger partial charge in [-0.25, -0.2) is 0 Å². The van der Waals surface area contributed by atoms with Gasteiger partial charge >= 0.3 is 0 Å². The molecule has 378 valence electrons. The van der Waals surface area contributed by atoms with Crippen LogP contribution in [0.5, 0.6) is 0 Å². The van der Waals surface area contributed by atoms with Gasteiger partial charge < -0.3 is 15.6 Å². The summed E-state index contributed by atoms with van der Waals surface area (Å²) in [6, 6.07) is 54.3. The van der Waals surface area contributed by atoms with Gasteiger partial charge in [0.05, 0.1) is 17.3 Å². The van der Waals surface area contributed by atoms with Crippen LogP contribution in [-0.4, -0.2) is 4.57 Å². The van der Waals surface area contributed by atoms with Gasteiger partial charge in [-0.3, -0.25) is 5.32 Å². The van der Waals surface area contributed by atoms with Gasteiger partial charge in [0, 0.05) is 28.0 Å². The van der Waals surface area contributed by atoms with Crippen molar-refractivity contribution < 1.29 is 0 Å². The van der Waals surface area contributed by atoms with E-state index < -0.39 is 0 Å². The van der Waals surface area contributed by atoms with E-state index in [0.717, 1.165) is 45.0 Å². The molecule has 4 nitrogen and oxygen atoms in total. The Morgan fingerprint density at radius 3 is 1.92 bits per heavy atom. The SMILES string of the molecule is C=Cc1ccc2c(c(C=C)c(/C=C\C)n2-c2ccc(C3Nc4ccccc4C(c4cccc(-c5ccc6ccccc6c5)c4)N3)cc2)c1/C=C\C.CC.CC.CC.CC(C)/C=C\C(C)C(C)c1ccccc1N. The highest BCUT2D eigenvalue weighted by Gasteiger charge is 2.28. The number of nitrogen functional groups attached to an aromatic ring is 1. The molecule has 4 unspecified atom stereocenters. The third kappa shape index (κ3) is 13.2. The highest BCUT2D eigenvalue weighted by molar-refractivity contribution is 6.02. The lowest BCUT2D eigenvalue weighted by Crippen LogP contribution is -2.37. The number of nitrogens with one attached hydrogen (secondary N) is 2. The second kappa shape index (κ2) is 28.0. The summed E-state index contributed by atoms with van der Waals surface area (Å²) in [4.78, 5) is 0. The summed E-state index contributed by atoms with van der Waals surface area (Å²) < 4.78 is 2.34. The number of anilines is 2. The molecule has 0 saturated carbocycles. The van der Waals surface area contributed by atoms with Crippen molar-refractivity contribution in [1.82, 2.24) is 9.88 Å². The number of para-hydroxylation sites is 2. The minimum Gasteiger partial charge on any atom is -0.398 e. The van der Waals surface area contributed by atoms with Crippen LogP contribution >= 0.6 is 0 Å². The van der Waals surface area contributed by atoms with E-state index in [9.17, 15) is 0 Å². The van der Waals surface area contributed by atoms with Crippen molar-refractivity contribution in [2.75, 3.05) is 11.1 Å². The van der Waals surface area contributed by atoms with Crippen molar-refractivity contribution in [1.29, 1.82) is 0 Å². The molecule has 0 aliphatic carbocycles. The van der Waals surface area contributed by atoms with E-state index in [0.29, 0.717) is 17.8 Å². The highest BCUT2D eigenvalue weighted by Crippen LogP contribution is 2.40. The van der Waals surface area contributed by atoms with Gasteiger partial charge in [-0.15, -0.1) is 0 Å². The Morgan fingerprint density at radius 2 is 1.25 bits per heavy atom. The first kappa shape index (κ1) is 56.5. The molecule has 4 N–H and O–H groups in total. The topological polar surface area (TPSA) is 55.0 Å². The van der Waals surface area contributed by atoms with E-state index in [1.807, 2.05) is 65.8 Å². The third-order valence-electron chi connectivity index (χ3n) is 13.1. The molecular formula is C69H82N4. The van der Waals surface area contributed by atoms with E-state index >= 15 is 0 Å². The molecule has 4 heteroatoms. The van der Waals surface area contributed by atoms with E-state index in [2.05, 4.69) is 246 Å². The zero-order valence-electron chi connectivity index (χ0n) is 45.9. The quantitative estimate of drug-likeness (QED) is 0.0845. The summed E-state index contributed by atoms with van der Waals surface area (Å²) in [6.07, 6.45) is 16.9. The molecule has 4 atom stereocenters. The number of allylic oxidation sites excluding steroid dienone is 4. The Morgan fingerprint density at radius 1 is 0.589 bits per heavy atom. The predicted octanol–water partition coefficient (Wildman–Crippen LogP) is 19.9. The summed E-state index contributed by atoms with van der Waals surface area (Å²) in [6.45, 7) is 33.3. The monoisotopic (exact) mass is 967 g/mol. The second-order valence-corrected chi connectivity index (χ2v) is 18.0. The summed E-state index contributed by atoms with van der Waals surface area (Å²) >= 11 is 0. The molecule has 1 aliphatic heterocycles. The summed E-state index contributed by atoms with van der Waals surface area (Å²) in [7, 11) is 0. The van der Waals surface area contributed by atoms with Crippen LogP contribution < -0.4 is 16.4 Å². The smallest absolute Gasteiger partial charge is 0.104 e. The molecule has 1 aromatic heterocycles. The van der Waals surface area contributed by atoms with Crippen LogP contribution in [0.3, 0.4) is 0 Å². The van der Waals surface area contributed by atoms with Crippen molar-refractivity contribution >= 4 is 57.4 Å². The molecule has 9 rings (SSSR count). The summed E-state index contributed by atoms with van der Waals surface area (Å²) in [5, 5.41) is 11.4. The molecule has 0 fully saturated rings. The zero-order valence-corrected chi connectivity index (χ0v) is 45.9. The van der Waals surface area contributed by atoms with Crippen molar-refractivity contribution in [2.45, 2.75) is 101 Å². The number of benzene rings is 7. The van der Waals surface area contributed by atoms with Crippen molar-refractivity contribution in [3.05, 3.63) is 234 Å². The second-order valence-electron chi connectivity index (χ2n) is 18.0. The van der Waals surface area contributed by atoms with Gasteiger partial charge in [0.15, 0.2) is 0 Å². The van der Waals surface area contributed by atoms with Gasteiger partial charge in [-0.05, 0) is 135 Å². The van der Waals surface area contributed by atoms with Crippen molar-refractivity contribution in [3.63, 3.8) is 0 Å². The molecule has 0 spiro atoms. The van der Waals surface area contributed by atoms with Gasteiger partial charge in [0.1, 0.15) is 6.17 Å². The lowest BCUT2D eigenvalue weighted by molar-refractivity contribution is 0.506. The van der Waals surface area contributed by atoms with E-state index in [1.165, 1.54) is 49.5 Å². The normalized spacial score (nSPS) is 14.6. The molecule has 0 saturated heterocycles. The molecular weight excluding hydrogens is 885 g/mol. The minimum absolute atomic E-state index is 0.0152. The lowest BCUT2D eigenvalue weighted by Gasteiger charge is -2.35. The predicted molar refractivity (Wildman–Crippen MR) is 326 cm³/mol. The molecule has 2 heterocycles. The number of hydrogen-bond donors (Lipinski definition) is 3. The largest absolute Gasteiger partial charge is 0.398 e. The van der Waals surface area contributed by atoms with E-state index in [1.54, 1.807) is 0 Å². The third-order valence-corrected chi connectivity index (χ3v) is 13.1. The van der Waals surface area contributed by atoms with Crippen LogP contribution in [0.1, 0.15) is 146 Å². The number of aromatic nitrogens is 1. The number of rotatable bonds is 12. The Hall–Kier alpha value is -7.40. The first-order valence-corrected chi connectivity index (χ1v) is 26.7. The molecule has 0 amide bonds. The molecule has 8 aromatic rings. The van der Waals surface area contributed by atoms with Crippen LogP contribution in [0.25, 0.3) is 62.8 Å². The van der Waals surface area contributed by atoms with Crippen molar-refractivity contribution in [3.8, 4) is 16.8 Å². The number of hydrogen-bond acceptors (Lipinski definition) is 3. The van der Waals surface area contributed by atoms with Crippen LogP contribution in [0.4, 0.5) is 11.4 Å². The fraction of sp³-hybridized carbons (Fsp3) is 0.246. The van der Waals surface area contributed by atoms with Gasteiger partial charge in [-0.2, -0.15) is 0 Å². The first-order valence-electron chi connectivity index (χ1n) is 26.7. The number of fused-ring (bicyclic) bond motifs is 3. The molecule has 1 aliphatic rings. The van der Waals surface area contributed by atoms with Crippen LogP contribution in [0, 0.1) is 11.8 Å². The minimum atomic E-state index is -0.0835. The molecule has 73 heavy (non-hydrogen) atoms. The molecule has 0 bridgehead atoms. The average molecular weight is 967 g/mol. The summed E-state index contributed by atoms with van der Waals surface area (Å²) in [5.74, 6) is 1.60. The Balaban J connectivity index is 0.000000380. The molecule has 7 aromatic carbocycles. The zero-order chi connectivity index (χ0) is 53.0. The maximum Gasteiger partial charge on any atom is 0.104 e. The average Bonchev–Trinajstić information content (AvgIpc) is 3.77. The van der Waals surface area contributed by atoms with Crippen LogP contribution in [0.2, 0.25) is 0 Å². The van der Waals surface area contributed by atoms with E-state index in [-0.39, 0.29) is 12.2 Å². The van der Waals surface area contributed by atoms with Gasteiger partial charge in [0.25, 0.3) is 0 Å². The fourth-order valence-corrected chi connectivity index (χ4v) is 9.45. The number of nitrogens with zero attached hydrogens (tertiary/aromatic N) is 1. The standard InChI is InChI=1S/C48H41N3.C15H23N.3C2H6/c1-5-14-41-32(7-3)26-29-45-46(41)40(8-4)44(15-6-2)51(45)39-27-24-34(25-28-39)48-49-43-21-12-11-20-42(43)47(50-48)38-19-13-18-36(31-38)37-23-22-33-16-9-10-17-35(33)30-37;1-11(2)9-10-12(3)13(4)14-7-5-6-8-15(14)16;3*1-2/h5-31,47-50H,3-4H2,1-2H3;5-13H,16H2,1-4H3;3*1-2H3/b14-5-,15-6-;10-9-;;;.